The van der Waals surface area contributed by atoms with E-state index in [0.717, 1.165) is 6.54 Å². The van der Waals surface area contributed by atoms with Gasteiger partial charge in [-0.2, -0.15) is 0 Å². The quantitative estimate of drug-likeness (QED) is 0.883. The first-order chi connectivity index (χ1) is 8.61. The molecule has 7 heteroatoms. The van der Waals surface area contributed by atoms with E-state index in [4.69, 9.17) is 26.8 Å². The number of ether oxygens (including phenoxy) is 2. The smallest absolute Gasteiger partial charge is 0.153 e. The van der Waals surface area contributed by atoms with Gasteiger partial charge in [0.2, 0.25) is 0 Å². The molecule has 0 amide bonds. The van der Waals surface area contributed by atoms with E-state index in [2.05, 4.69) is 14.9 Å². The molecule has 18 heavy (non-hydrogen) atoms. The fourth-order valence-electron chi connectivity index (χ4n) is 2.09. The molecular weight excluding hydrogens is 256 g/mol. The first kappa shape index (κ1) is 13.3. The number of hydrogen-bond acceptors (Lipinski definition) is 6. The third kappa shape index (κ3) is 2.82. The van der Waals surface area contributed by atoms with Gasteiger partial charge < -0.3 is 20.1 Å². The van der Waals surface area contributed by atoms with Crippen LogP contribution in [0.25, 0.3) is 0 Å². The van der Waals surface area contributed by atoms with Crippen molar-refractivity contribution in [3.05, 3.63) is 11.3 Å². The number of nitrogens with two attached hydrogens (primary N) is 1. The van der Waals surface area contributed by atoms with Crippen LogP contribution in [0.15, 0.2) is 6.33 Å². The van der Waals surface area contributed by atoms with Crippen LogP contribution in [0, 0.1) is 0 Å². The van der Waals surface area contributed by atoms with Crippen molar-refractivity contribution >= 4 is 23.2 Å². The summed E-state index contributed by atoms with van der Waals surface area (Å²) in [4.78, 5) is 10.1. The zero-order valence-corrected chi connectivity index (χ0v) is 11.2. The van der Waals surface area contributed by atoms with E-state index < -0.39 is 0 Å². The Bertz CT molecular complexity index is 418. The summed E-state index contributed by atoms with van der Waals surface area (Å²) in [6, 6.07) is 0. The molecule has 0 spiro atoms. The van der Waals surface area contributed by atoms with Crippen molar-refractivity contribution in [1.29, 1.82) is 0 Å². The minimum Gasteiger partial charge on any atom is -0.382 e. The van der Waals surface area contributed by atoms with Gasteiger partial charge in [0.15, 0.2) is 5.82 Å². The summed E-state index contributed by atoms with van der Waals surface area (Å²) in [7, 11) is 1.66. The lowest BCUT2D eigenvalue weighted by molar-refractivity contribution is -0.0512. The predicted molar refractivity (Wildman–Crippen MR) is 69.9 cm³/mol. The van der Waals surface area contributed by atoms with Gasteiger partial charge in [-0.1, -0.05) is 11.6 Å². The van der Waals surface area contributed by atoms with E-state index in [1.807, 2.05) is 6.92 Å². The van der Waals surface area contributed by atoms with Crippen LogP contribution in [0.5, 0.6) is 0 Å². The topological polar surface area (TPSA) is 73.5 Å². The minimum absolute atomic E-state index is 0.00556. The fraction of sp³-hybridized carbons (Fsp3) is 0.636. The summed E-state index contributed by atoms with van der Waals surface area (Å²) in [5, 5.41) is 0.391. The second kappa shape index (κ2) is 5.69. The van der Waals surface area contributed by atoms with Crippen LogP contribution in [0.4, 0.5) is 11.6 Å². The van der Waals surface area contributed by atoms with Crippen LogP contribution in [0.1, 0.15) is 6.92 Å². The van der Waals surface area contributed by atoms with Crippen molar-refractivity contribution in [2.45, 2.75) is 19.1 Å². The van der Waals surface area contributed by atoms with Crippen LogP contribution >= 0.6 is 11.6 Å². The summed E-state index contributed by atoms with van der Waals surface area (Å²) < 4.78 is 10.9. The maximum atomic E-state index is 6.14. The van der Waals surface area contributed by atoms with E-state index in [-0.39, 0.29) is 12.2 Å². The predicted octanol–water partition coefficient (Wildman–Crippen LogP) is 0.952. The van der Waals surface area contributed by atoms with Crippen molar-refractivity contribution in [1.82, 2.24) is 9.97 Å². The maximum Gasteiger partial charge on any atom is 0.153 e. The van der Waals surface area contributed by atoms with Gasteiger partial charge in [-0.15, -0.1) is 0 Å². The number of aromatic nitrogens is 2. The zero-order chi connectivity index (χ0) is 13.1. The highest BCUT2D eigenvalue weighted by Crippen LogP contribution is 2.29. The van der Waals surface area contributed by atoms with Crippen molar-refractivity contribution in [3.63, 3.8) is 0 Å². The molecule has 0 bridgehead atoms. The van der Waals surface area contributed by atoms with Gasteiger partial charge in [0, 0.05) is 20.2 Å². The fourth-order valence-corrected chi connectivity index (χ4v) is 2.31. The molecule has 0 aromatic carbocycles. The summed E-state index contributed by atoms with van der Waals surface area (Å²) in [5.74, 6) is 0.949. The molecule has 0 saturated carbocycles. The van der Waals surface area contributed by atoms with Gasteiger partial charge >= 0.3 is 0 Å². The number of morpholine rings is 1. The standard InChI is InChI=1S/C11H17ClN4O2/c1-7-3-16(4-8(18-7)5-17-2)11-9(12)10(13)14-6-15-11/h6-8H,3-5H2,1-2H3,(H2,13,14,15)/t7-,8+/m0/s1. The SMILES string of the molecule is COC[C@H]1CN(c2ncnc(N)c2Cl)C[C@H](C)O1. The molecule has 1 aliphatic rings. The molecule has 2 atom stereocenters. The molecule has 2 rings (SSSR count). The molecule has 1 aromatic heterocycles. The minimum atomic E-state index is 0.00556. The zero-order valence-electron chi connectivity index (χ0n) is 10.5. The van der Waals surface area contributed by atoms with Gasteiger partial charge in [-0.05, 0) is 6.92 Å². The van der Waals surface area contributed by atoms with Gasteiger partial charge in [0.05, 0.1) is 18.8 Å². The molecule has 2 N–H and O–H groups in total. The Balaban J connectivity index is 2.18. The molecule has 1 aromatic rings. The summed E-state index contributed by atoms with van der Waals surface area (Å²) >= 11 is 6.14. The molecule has 0 radical (unpaired) electrons. The van der Waals surface area contributed by atoms with Gasteiger partial charge in [-0.3, -0.25) is 0 Å². The number of nitrogens with zero attached hydrogens (tertiary/aromatic N) is 3. The summed E-state index contributed by atoms with van der Waals surface area (Å²) in [5.41, 5.74) is 5.69. The first-order valence-corrected chi connectivity index (χ1v) is 6.15. The number of hydrogen-bond donors (Lipinski definition) is 1. The molecule has 1 aliphatic heterocycles. The van der Waals surface area contributed by atoms with Gasteiger partial charge in [0.25, 0.3) is 0 Å². The number of rotatable bonds is 3. The van der Waals surface area contributed by atoms with E-state index in [1.54, 1.807) is 7.11 Å². The third-order valence-corrected chi connectivity index (χ3v) is 3.14. The Hall–Kier alpha value is -1.11. The highest BCUT2D eigenvalue weighted by atomic mass is 35.5. The Kier molecular flexibility index (Phi) is 4.21. The molecular formula is C11H17ClN4O2. The van der Waals surface area contributed by atoms with E-state index in [1.165, 1.54) is 6.33 Å². The molecule has 1 fully saturated rings. The lowest BCUT2D eigenvalue weighted by Gasteiger charge is -2.37. The summed E-state index contributed by atoms with van der Waals surface area (Å²) in [6.07, 6.45) is 1.51. The molecule has 0 aliphatic carbocycles. The van der Waals surface area contributed by atoms with E-state index >= 15 is 0 Å². The third-order valence-electron chi connectivity index (χ3n) is 2.78. The number of methoxy groups -OCH3 is 1. The van der Waals surface area contributed by atoms with Gasteiger partial charge in [0.1, 0.15) is 17.2 Å². The van der Waals surface area contributed by atoms with Gasteiger partial charge in [-0.25, -0.2) is 9.97 Å². The Morgan fingerprint density at radius 3 is 3.06 bits per heavy atom. The average Bonchev–Trinajstić information content (AvgIpc) is 2.32. The number of halogens is 1. The average molecular weight is 273 g/mol. The van der Waals surface area contributed by atoms with E-state index in [0.29, 0.717) is 29.8 Å². The molecule has 1 saturated heterocycles. The highest BCUT2D eigenvalue weighted by molar-refractivity contribution is 6.35. The molecule has 0 unspecified atom stereocenters. The van der Waals surface area contributed by atoms with Crippen LogP contribution in [0.3, 0.4) is 0 Å². The molecule has 2 heterocycles. The Morgan fingerprint density at radius 1 is 1.56 bits per heavy atom. The van der Waals surface area contributed by atoms with Crippen molar-refractivity contribution in [3.8, 4) is 0 Å². The van der Waals surface area contributed by atoms with Crippen molar-refractivity contribution in [2.24, 2.45) is 0 Å². The number of anilines is 2. The normalized spacial score (nSPS) is 24.3. The molecule has 6 nitrogen and oxygen atoms in total. The molecule has 100 valence electrons. The van der Waals surface area contributed by atoms with Crippen molar-refractivity contribution in [2.75, 3.05) is 37.4 Å². The van der Waals surface area contributed by atoms with E-state index in [9.17, 15) is 0 Å². The van der Waals surface area contributed by atoms with Crippen LogP contribution in [0.2, 0.25) is 5.02 Å². The lowest BCUT2D eigenvalue weighted by Crippen LogP contribution is -2.48. The van der Waals surface area contributed by atoms with Crippen LogP contribution in [-0.4, -0.2) is 49.0 Å². The van der Waals surface area contributed by atoms with Crippen molar-refractivity contribution < 1.29 is 9.47 Å². The second-order valence-electron chi connectivity index (χ2n) is 4.33. The Labute approximate surface area is 111 Å². The van der Waals surface area contributed by atoms with Crippen LogP contribution in [-0.2, 0) is 9.47 Å². The highest BCUT2D eigenvalue weighted by Gasteiger charge is 2.27. The number of nitrogen functional groups attached to an aromatic ring is 1. The maximum absolute atomic E-state index is 6.14. The first-order valence-electron chi connectivity index (χ1n) is 5.77. The largest absolute Gasteiger partial charge is 0.382 e. The monoisotopic (exact) mass is 272 g/mol. The Morgan fingerprint density at radius 2 is 2.33 bits per heavy atom. The lowest BCUT2D eigenvalue weighted by atomic mass is 10.2. The van der Waals surface area contributed by atoms with Crippen LogP contribution < -0.4 is 10.6 Å². The second-order valence-corrected chi connectivity index (χ2v) is 4.70. The summed E-state index contributed by atoms with van der Waals surface area (Å²) in [6.45, 7) is 3.94.